The molecule has 0 aliphatic heterocycles. The van der Waals surface area contributed by atoms with Gasteiger partial charge in [-0.2, -0.15) is 0 Å². The van der Waals surface area contributed by atoms with Crippen molar-refractivity contribution in [2.75, 3.05) is 6.54 Å². The van der Waals surface area contributed by atoms with E-state index in [-0.39, 0.29) is 0 Å². The van der Waals surface area contributed by atoms with Crippen molar-refractivity contribution in [3.8, 4) is 0 Å². The second kappa shape index (κ2) is 4.78. The molecule has 0 aliphatic carbocycles. The Hall–Kier alpha value is -1.02. The van der Waals surface area contributed by atoms with Gasteiger partial charge < -0.3 is 5.32 Å². The molecule has 1 aromatic rings. The molecule has 0 atom stereocenters. The van der Waals surface area contributed by atoms with E-state index in [0.29, 0.717) is 13.0 Å². The van der Waals surface area contributed by atoms with E-state index >= 15 is 0 Å². The highest BCUT2D eigenvalue weighted by Crippen LogP contribution is 2.09. The summed E-state index contributed by atoms with van der Waals surface area (Å²) in [5.41, 5.74) is 1.17. The fourth-order valence-corrected chi connectivity index (χ4v) is 1.05. The Bertz CT molecular complexity index is 245. The van der Waals surface area contributed by atoms with Crippen molar-refractivity contribution in [3.05, 3.63) is 34.9 Å². The van der Waals surface area contributed by atoms with Crippen molar-refractivity contribution in [1.29, 1.82) is 0 Å². The predicted octanol–water partition coefficient (Wildman–Crippen LogP) is 1.63. The van der Waals surface area contributed by atoms with E-state index in [2.05, 4.69) is 5.32 Å². The third-order valence-electron chi connectivity index (χ3n) is 1.55. The van der Waals surface area contributed by atoms with E-state index in [1.165, 1.54) is 5.56 Å². The van der Waals surface area contributed by atoms with Crippen molar-refractivity contribution >= 4 is 18.0 Å². The van der Waals surface area contributed by atoms with E-state index in [9.17, 15) is 4.79 Å². The van der Waals surface area contributed by atoms with Gasteiger partial charge in [0.2, 0.25) is 6.41 Å². The van der Waals surface area contributed by atoms with Gasteiger partial charge in [-0.15, -0.1) is 0 Å². The van der Waals surface area contributed by atoms with Crippen LogP contribution in [0, 0.1) is 0 Å². The van der Waals surface area contributed by atoms with Crippen LogP contribution in [0.1, 0.15) is 5.56 Å². The van der Waals surface area contributed by atoms with Crippen molar-refractivity contribution in [3.63, 3.8) is 0 Å². The zero-order valence-electron chi connectivity index (χ0n) is 6.59. The second-order valence-corrected chi connectivity index (χ2v) is 2.88. The number of nitrogens with one attached hydrogen (secondary N) is 1. The monoisotopic (exact) mass is 183 g/mol. The molecule has 0 saturated carbocycles. The molecule has 1 amide bonds. The molecule has 0 aromatic heterocycles. The van der Waals surface area contributed by atoms with Crippen molar-refractivity contribution in [1.82, 2.24) is 5.32 Å². The largest absolute Gasteiger partial charge is 0.358 e. The van der Waals surface area contributed by atoms with Crippen molar-refractivity contribution < 1.29 is 4.79 Å². The Morgan fingerprint density at radius 3 is 2.58 bits per heavy atom. The van der Waals surface area contributed by atoms with Crippen LogP contribution in [0.15, 0.2) is 24.3 Å². The molecule has 0 saturated heterocycles. The maximum absolute atomic E-state index is 9.92. The first-order chi connectivity index (χ1) is 5.83. The summed E-state index contributed by atoms with van der Waals surface area (Å²) in [6.45, 7) is 0.672. The van der Waals surface area contributed by atoms with Crippen LogP contribution in [-0.2, 0) is 11.2 Å². The number of carbonyl (C=O) groups is 1. The Balaban J connectivity index is 2.42. The first-order valence-electron chi connectivity index (χ1n) is 3.74. The SMILES string of the molecule is O=CNCCc1ccc(Cl)cc1. The molecule has 0 bridgehead atoms. The van der Waals surface area contributed by atoms with Crippen LogP contribution in [0.3, 0.4) is 0 Å². The van der Waals surface area contributed by atoms with E-state index in [4.69, 9.17) is 11.6 Å². The molecule has 64 valence electrons. The molecule has 1 N–H and O–H groups in total. The number of hydrogen-bond acceptors (Lipinski definition) is 1. The summed E-state index contributed by atoms with van der Waals surface area (Å²) >= 11 is 5.70. The van der Waals surface area contributed by atoms with E-state index in [1.54, 1.807) is 0 Å². The molecule has 2 nitrogen and oxygen atoms in total. The van der Waals surface area contributed by atoms with Gasteiger partial charge in [-0.05, 0) is 24.1 Å². The molecule has 1 aromatic carbocycles. The lowest BCUT2D eigenvalue weighted by atomic mass is 10.1. The maximum atomic E-state index is 9.92. The summed E-state index contributed by atoms with van der Waals surface area (Å²) in [6, 6.07) is 7.60. The number of hydrogen-bond donors (Lipinski definition) is 1. The lowest BCUT2D eigenvalue weighted by Gasteiger charge is -1.99. The van der Waals surface area contributed by atoms with Crippen LogP contribution in [-0.4, -0.2) is 13.0 Å². The minimum absolute atomic E-state index is 0.672. The zero-order valence-corrected chi connectivity index (χ0v) is 7.34. The summed E-state index contributed by atoms with van der Waals surface area (Å²) in [5, 5.41) is 3.34. The van der Waals surface area contributed by atoms with Gasteiger partial charge in [0.25, 0.3) is 0 Å². The van der Waals surface area contributed by atoms with Gasteiger partial charge in [-0.25, -0.2) is 0 Å². The van der Waals surface area contributed by atoms with Crippen molar-refractivity contribution in [2.45, 2.75) is 6.42 Å². The van der Waals surface area contributed by atoms with Gasteiger partial charge in [0, 0.05) is 11.6 Å². The highest BCUT2D eigenvalue weighted by atomic mass is 35.5. The van der Waals surface area contributed by atoms with Gasteiger partial charge in [-0.1, -0.05) is 23.7 Å². The van der Waals surface area contributed by atoms with Gasteiger partial charge in [0.1, 0.15) is 0 Å². The van der Waals surface area contributed by atoms with Gasteiger partial charge in [0.15, 0.2) is 0 Å². The van der Waals surface area contributed by atoms with Crippen LogP contribution in [0.4, 0.5) is 0 Å². The minimum Gasteiger partial charge on any atom is -0.358 e. The number of rotatable bonds is 4. The number of carbonyl (C=O) groups excluding carboxylic acids is 1. The van der Waals surface area contributed by atoms with Crippen LogP contribution < -0.4 is 5.32 Å². The van der Waals surface area contributed by atoms with Crippen LogP contribution in [0.25, 0.3) is 0 Å². The van der Waals surface area contributed by atoms with Gasteiger partial charge in [-0.3, -0.25) is 4.79 Å². The van der Waals surface area contributed by atoms with E-state index in [0.717, 1.165) is 11.4 Å². The third-order valence-corrected chi connectivity index (χ3v) is 1.81. The minimum atomic E-state index is 0.672. The van der Waals surface area contributed by atoms with Crippen LogP contribution in [0.2, 0.25) is 5.02 Å². The highest BCUT2D eigenvalue weighted by molar-refractivity contribution is 6.30. The molecular weight excluding hydrogens is 174 g/mol. The normalized spacial score (nSPS) is 9.42. The average molecular weight is 184 g/mol. The summed E-state index contributed by atoms with van der Waals surface area (Å²) in [7, 11) is 0. The fourth-order valence-electron chi connectivity index (χ4n) is 0.927. The molecule has 0 spiro atoms. The second-order valence-electron chi connectivity index (χ2n) is 2.45. The van der Waals surface area contributed by atoms with E-state index < -0.39 is 0 Å². The van der Waals surface area contributed by atoms with Gasteiger partial charge in [0.05, 0.1) is 0 Å². The Morgan fingerprint density at radius 1 is 1.33 bits per heavy atom. The Labute approximate surface area is 76.5 Å². The number of amides is 1. The third kappa shape index (κ3) is 2.93. The quantitative estimate of drug-likeness (QED) is 0.558. The molecule has 1 rings (SSSR count). The lowest BCUT2D eigenvalue weighted by Crippen LogP contribution is -2.14. The molecule has 0 heterocycles. The standard InChI is InChI=1S/C9H10ClNO/c10-9-3-1-8(2-4-9)5-6-11-7-12/h1-4,7H,5-6H2,(H,11,12). The summed E-state index contributed by atoms with van der Waals surface area (Å²) < 4.78 is 0. The first kappa shape index (κ1) is 9.07. The lowest BCUT2D eigenvalue weighted by molar-refractivity contribution is -0.109. The smallest absolute Gasteiger partial charge is 0.207 e. The summed E-state index contributed by atoms with van der Waals surface area (Å²) in [6.07, 6.45) is 1.55. The Kier molecular flexibility index (Phi) is 3.61. The topological polar surface area (TPSA) is 29.1 Å². The molecule has 12 heavy (non-hydrogen) atoms. The van der Waals surface area contributed by atoms with Crippen LogP contribution in [0.5, 0.6) is 0 Å². The zero-order chi connectivity index (χ0) is 8.81. The van der Waals surface area contributed by atoms with Gasteiger partial charge >= 0.3 is 0 Å². The molecule has 3 heteroatoms. The van der Waals surface area contributed by atoms with Crippen molar-refractivity contribution in [2.24, 2.45) is 0 Å². The molecule has 0 fully saturated rings. The number of benzene rings is 1. The predicted molar refractivity (Wildman–Crippen MR) is 49.2 cm³/mol. The maximum Gasteiger partial charge on any atom is 0.207 e. The average Bonchev–Trinajstić information content (AvgIpc) is 2.09. The summed E-state index contributed by atoms with van der Waals surface area (Å²) in [5.74, 6) is 0. The molecule has 0 aliphatic rings. The fraction of sp³-hybridized carbons (Fsp3) is 0.222. The van der Waals surface area contributed by atoms with E-state index in [1.807, 2.05) is 24.3 Å². The first-order valence-corrected chi connectivity index (χ1v) is 4.12. The molecular formula is C9H10ClNO. The number of halogens is 1. The Morgan fingerprint density at radius 2 is 2.00 bits per heavy atom. The highest BCUT2D eigenvalue weighted by Gasteiger charge is 1.91. The molecule has 0 unspecified atom stereocenters. The summed E-state index contributed by atoms with van der Waals surface area (Å²) in [4.78, 5) is 9.92. The van der Waals surface area contributed by atoms with Crippen LogP contribution >= 0.6 is 11.6 Å². The molecule has 0 radical (unpaired) electrons.